The SMILES string of the molecule is CC(C)(C)C(=O)OCn1c(=O)ccn([C@@H]2O[C@H]([C@@H](O[C@H]3OC(C(=O)Nc4ccccc4)=C[C@H](O)[C@@H]3O)C(N)=O)[C@@H](CO)[C@H]2O)c1=O. The van der Waals surface area contributed by atoms with Gasteiger partial charge in [0.25, 0.3) is 11.5 Å². The number of hydrogen-bond donors (Lipinski definition) is 6. The number of amides is 2. The molecule has 250 valence electrons. The van der Waals surface area contributed by atoms with Gasteiger partial charge in [-0.2, -0.15) is 0 Å². The second-order valence-electron chi connectivity index (χ2n) is 11.7. The van der Waals surface area contributed by atoms with Gasteiger partial charge in [0.05, 0.1) is 12.0 Å². The molecule has 0 saturated carbocycles. The van der Waals surface area contributed by atoms with Crippen LogP contribution in [-0.4, -0.2) is 90.8 Å². The van der Waals surface area contributed by atoms with Gasteiger partial charge in [0, 0.05) is 23.9 Å². The lowest BCUT2D eigenvalue weighted by Crippen LogP contribution is -2.52. The topological polar surface area (TPSA) is 251 Å². The molecule has 3 heterocycles. The fraction of sp³-hybridized carbons (Fsp3) is 0.483. The predicted molar refractivity (Wildman–Crippen MR) is 155 cm³/mol. The van der Waals surface area contributed by atoms with E-state index in [-0.39, 0.29) is 0 Å². The largest absolute Gasteiger partial charge is 0.456 e. The minimum absolute atomic E-state index is 0.393. The van der Waals surface area contributed by atoms with Crippen molar-refractivity contribution in [1.82, 2.24) is 9.13 Å². The number of aromatic nitrogens is 2. The lowest BCUT2D eigenvalue weighted by atomic mass is 9.94. The van der Waals surface area contributed by atoms with Crippen molar-refractivity contribution in [2.24, 2.45) is 17.1 Å². The van der Waals surface area contributed by atoms with E-state index in [2.05, 4.69) is 5.32 Å². The number of esters is 1. The summed E-state index contributed by atoms with van der Waals surface area (Å²) in [5.74, 6) is -4.50. The van der Waals surface area contributed by atoms with Crippen LogP contribution in [0.4, 0.5) is 5.69 Å². The Kier molecular flexibility index (Phi) is 10.4. The second-order valence-corrected chi connectivity index (χ2v) is 11.7. The molecule has 2 amide bonds. The van der Waals surface area contributed by atoms with Gasteiger partial charge in [0.15, 0.2) is 24.8 Å². The molecular formula is C29H36N4O13. The number of primary amides is 1. The first-order valence-electron chi connectivity index (χ1n) is 14.1. The number of ether oxygens (including phenoxy) is 4. The summed E-state index contributed by atoms with van der Waals surface area (Å²) in [5, 5.41) is 44.7. The number of carbonyl (C=O) groups excluding carboxylic acids is 3. The number of carbonyl (C=O) groups is 3. The molecule has 7 N–H and O–H groups in total. The lowest BCUT2D eigenvalue weighted by molar-refractivity contribution is -0.239. The number of hydrogen-bond acceptors (Lipinski definition) is 13. The van der Waals surface area contributed by atoms with E-state index in [0.717, 1.165) is 22.9 Å². The van der Waals surface area contributed by atoms with Gasteiger partial charge < -0.3 is 50.4 Å². The number of nitrogens with one attached hydrogen (secondary N) is 1. The van der Waals surface area contributed by atoms with Gasteiger partial charge in [-0.15, -0.1) is 0 Å². The maximum absolute atomic E-state index is 13.3. The standard InChI is InChI=1S/C29H36N4O13/c1-29(2,3)27(41)43-13-33-18(36)9-10-32(28(33)42)25-19(37)15(12-34)21(45-25)22(23(30)39)46-26-20(38)16(35)11-17(44-26)24(40)31-14-7-5-4-6-8-14/h4-11,15-16,19-22,25-26,34-35,37-38H,12-13H2,1-3H3,(H2,30,39)(H,31,40)/t15-,16-,19+,20-,21-,22+,25+,26+/m0/s1. The Morgan fingerprint density at radius 1 is 1.07 bits per heavy atom. The summed E-state index contributed by atoms with van der Waals surface area (Å²) < 4.78 is 23.3. The van der Waals surface area contributed by atoms with Crippen LogP contribution in [0.25, 0.3) is 0 Å². The number of benzene rings is 1. The quantitative estimate of drug-likeness (QED) is 0.151. The smallest absolute Gasteiger partial charge is 0.335 e. The Balaban J connectivity index is 1.56. The van der Waals surface area contributed by atoms with Gasteiger partial charge >= 0.3 is 11.7 Å². The van der Waals surface area contributed by atoms with Crippen LogP contribution in [0.3, 0.4) is 0 Å². The molecule has 2 aromatic rings. The average molecular weight is 649 g/mol. The maximum Gasteiger partial charge on any atom is 0.335 e. The summed E-state index contributed by atoms with van der Waals surface area (Å²) in [5.41, 5.74) is 3.15. The summed E-state index contributed by atoms with van der Waals surface area (Å²) in [4.78, 5) is 63.3. The van der Waals surface area contributed by atoms with Crippen molar-refractivity contribution in [3.05, 3.63) is 75.3 Å². The van der Waals surface area contributed by atoms with E-state index in [1.165, 1.54) is 0 Å². The van der Waals surface area contributed by atoms with E-state index in [1.54, 1.807) is 51.1 Å². The third kappa shape index (κ3) is 7.35. The molecule has 0 aliphatic carbocycles. The van der Waals surface area contributed by atoms with Gasteiger partial charge in [0.1, 0.15) is 24.4 Å². The van der Waals surface area contributed by atoms with Crippen molar-refractivity contribution in [1.29, 1.82) is 0 Å². The Morgan fingerprint density at radius 2 is 1.74 bits per heavy atom. The molecule has 17 nitrogen and oxygen atoms in total. The zero-order valence-electron chi connectivity index (χ0n) is 25.1. The van der Waals surface area contributed by atoms with Crippen molar-refractivity contribution >= 4 is 23.5 Å². The highest BCUT2D eigenvalue weighted by atomic mass is 16.7. The van der Waals surface area contributed by atoms with Gasteiger partial charge in [-0.1, -0.05) is 18.2 Å². The average Bonchev–Trinajstić information content (AvgIpc) is 3.32. The van der Waals surface area contributed by atoms with Crippen LogP contribution in [-0.2, 0) is 40.1 Å². The van der Waals surface area contributed by atoms with E-state index in [9.17, 15) is 44.4 Å². The highest BCUT2D eigenvalue weighted by molar-refractivity contribution is 6.02. The first-order valence-corrected chi connectivity index (χ1v) is 14.1. The summed E-state index contributed by atoms with van der Waals surface area (Å²) in [6.07, 6.45) is -10.2. The fourth-order valence-corrected chi connectivity index (χ4v) is 4.72. The Labute approximate surface area is 261 Å². The molecular weight excluding hydrogens is 612 g/mol. The first-order chi connectivity index (χ1) is 21.6. The van der Waals surface area contributed by atoms with E-state index in [0.29, 0.717) is 10.3 Å². The van der Waals surface area contributed by atoms with Crippen molar-refractivity contribution in [3.8, 4) is 0 Å². The molecule has 1 aromatic heterocycles. The number of aliphatic hydroxyl groups excluding tert-OH is 4. The first kappa shape index (κ1) is 34.5. The number of anilines is 1. The Bertz CT molecular complexity index is 1580. The fourth-order valence-electron chi connectivity index (χ4n) is 4.72. The highest BCUT2D eigenvalue weighted by Gasteiger charge is 2.52. The van der Waals surface area contributed by atoms with Crippen molar-refractivity contribution in [2.45, 2.75) is 70.5 Å². The van der Waals surface area contributed by atoms with E-state index in [1.807, 2.05) is 0 Å². The van der Waals surface area contributed by atoms with E-state index >= 15 is 0 Å². The third-order valence-corrected chi connectivity index (χ3v) is 7.28. The van der Waals surface area contributed by atoms with Gasteiger partial charge in [-0.3, -0.25) is 23.7 Å². The van der Waals surface area contributed by atoms with Crippen molar-refractivity contribution in [2.75, 3.05) is 11.9 Å². The zero-order chi connectivity index (χ0) is 33.9. The van der Waals surface area contributed by atoms with Crippen LogP contribution >= 0.6 is 0 Å². The number of nitrogens with two attached hydrogens (primary N) is 1. The minimum Gasteiger partial charge on any atom is -0.456 e. The molecule has 17 heteroatoms. The summed E-state index contributed by atoms with van der Waals surface area (Å²) in [6, 6.07) is 9.19. The van der Waals surface area contributed by atoms with Crippen LogP contribution in [0.5, 0.6) is 0 Å². The van der Waals surface area contributed by atoms with E-state index < -0.39 is 103 Å². The second kappa shape index (κ2) is 13.9. The number of rotatable bonds is 10. The Hall–Kier alpha value is -4.39. The van der Waals surface area contributed by atoms with Gasteiger partial charge in [0.2, 0.25) is 12.2 Å². The molecule has 0 unspecified atom stereocenters. The number of aliphatic hydroxyl groups is 4. The minimum atomic E-state index is -1.88. The molecule has 2 aliphatic rings. The van der Waals surface area contributed by atoms with Crippen LogP contribution < -0.4 is 22.3 Å². The summed E-state index contributed by atoms with van der Waals surface area (Å²) >= 11 is 0. The monoisotopic (exact) mass is 648 g/mol. The molecule has 2 aliphatic heterocycles. The third-order valence-electron chi connectivity index (χ3n) is 7.28. The van der Waals surface area contributed by atoms with Crippen molar-refractivity contribution in [3.63, 3.8) is 0 Å². The molecule has 1 aromatic carbocycles. The highest BCUT2D eigenvalue weighted by Crippen LogP contribution is 2.36. The summed E-state index contributed by atoms with van der Waals surface area (Å²) in [6.45, 7) is 3.17. The van der Waals surface area contributed by atoms with Gasteiger partial charge in [-0.05, 0) is 39.0 Å². The maximum atomic E-state index is 13.3. The van der Waals surface area contributed by atoms with Crippen LogP contribution in [0.15, 0.2) is 64.0 Å². The number of nitrogens with zero attached hydrogens (tertiary/aromatic N) is 2. The van der Waals surface area contributed by atoms with Gasteiger partial charge in [-0.25, -0.2) is 9.36 Å². The molecule has 8 atom stereocenters. The molecule has 0 spiro atoms. The molecule has 4 rings (SSSR count). The number of para-hydroxylation sites is 1. The zero-order valence-corrected chi connectivity index (χ0v) is 25.1. The molecule has 46 heavy (non-hydrogen) atoms. The molecule has 1 fully saturated rings. The molecule has 0 radical (unpaired) electrons. The summed E-state index contributed by atoms with van der Waals surface area (Å²) in [7, 11) is 0. The van der Waals surface area contributed by atoms with Crippen LogP contribution in [0, 0.1) is 11.3 Å². The predicted octanol–water partition coefficient (Wildman–Crippen LogP) is -2.11. The van der Waals surface area contributed by atoms with Crippen molar-refractivity contribution < 1.29 is 53.8 Å². The molecule has 1 saturated heterocycles. The van der Waals surface area contributed by atoms with E-state index in [4.69, 9.17) is 24.7 Å². The molecule has 0 bridgehead atoms. The Morgan fingerprint density at radius 3 is 2.35 bits per heavy atom. The van der Waals surface area contributed by atoms with Crippen LogP contribution in [0.2, 0.25) is 0 Å². The van der Waals surface area contributed by atoms with Crippen LogP contribution in [0.1, 0.15) is 27.0 Å². The normalized spacial score (nSPS) is 26.8. The lowest BCUT2D eigenvalue weighted by Gasteiger charge is -2.35.